The molecule has 0 aliphatic carbocycles. The molecule has 3 aromatic rings. The molecule has 18 heteroatoms. The van der Waals surface area contributed by atoms with E-state index < -0.39 is 31.7 Å². The van der Waals surface area contributed by atoms with Gasteiger partial charge in [0.1, 0.15) is 17.3 Å². The highest BCUT2D eigenvalue weighted by molar-refractivity contribution is 7.91. The summed E-state index contributed by atoms with van der Waals surface area (Å²) in [5.41, 5.74) is 1.72. The SMILES string of the molecule is COc1cc(NCS(=O)(=O)O)ccc1/N=N/c1cccc(C(=O)N(CCS(=O)(=O)CCOSOOO)c2ccccc2)c1. The van der Waals surface area contributed by atoms with E-state index in [2.05, 4.69) is 24.9 Å². The minimum absolute atomic E-state index is 0.143. The highest BCUT2D eigenvalue weighted by Crippen LogP contribution is 2.32. The average molecular weight is 657 g/mol. The number of methoxy groups -OCH3 is 1. The number of hydrogen-bond acceptors (Lipinski definition) is 14. The highest BCUT2D eigenvalue weighted by Gasteiger charge is 2.21. The molecule has 0 bridgehead atoms. The summed E-state index contributed by atoms with van der Waals surface area (Å²) in [5, 5.41) is 22.3. The number of hydrogen-bond donors (Lipinski definition) is 3. The lowest BCUT2D eigenvalue weighted by Crippen LogP contribution is -2.36. The molecule has 43 heavy (non-hydrogen) atoms. The van der Waals surface area contributed by atoms with Crippen molar-refractivity contribution in [3.05, 3.63) is 78.4 Å². The molecule has 0 aliphatic heterocycles. The Morgan fingerprint density at radius 3 is 2.44 bits per heavy atom. The van der Waals surface area contributed by atoms with Crippen LogP contribution in [0.5, 0.6) is 5.75 Å². The van der Waals surface area contributed by atoms with Gasteiger partial charge in [0.25, 0.3) is 16.0 Å². The third-order valence-electron chi connectivity index (χ3n) is 5.53. The Morgan fingerprint density at radius 2 is 1.74 bits per heavy atom. The molecule has 0 atom stereocenters. The number of carbonyl (C=O) groups is 1. The molecule has 232 valence electrons. The van der Waals surface area contributed by atoms with E-state index in [1.165, 1.54) is 36.3 Å². The molecule has 15 nitrogen and oxygen atoms in total. The van der Waals surface area contributed by atoms with Gasteiger partial charge in [0.2, 0.25) is 0 Å². The zero-order chi connectivity index (χ0) is 31.3. The number of para-hydroxylation sites is 1. The van der Waals surface area contributed by atoms with E-state index in [1.807, 2.05) is 0 Å². The van der Waals surface area contributed by atoms with Gasteiger partial charge in [-0.2, -0.15) is 13.5 Å². The number of ether oxygens (including phenoxy) is 1. The fourth-order valence-corrected chi connectivity index (χ4v) is 5.20. The summed E-state index contributed by atoms with van der Waals surface area (Å²) in [6, 6.07) is 19.4. The number of rotatable bonds is 17. The fraction of sp³-hybridized carbons (Fsp3) is 0.240. The van der Waals surface area contributed by atoms with Gasteiger partial charge >= 0.3 is 0 Å². The number of anilines is 2. The third-order valence-corrected chi connectivity index (χ3v) is 8.01. The van der Waals surface area contributed by atoms with E-state index in [9.17, 15) is 21.6 Å². The number of nitrogens with zero attached hydrogens (tertiary/aromatic N) is 3. The minimum atomic E-state index is -4.23. The molecule has 3 aromatic carbocycles. The summed E-state index contributed by atoms with van der Waals surface area (Å²) in [4.78, 5) is 14.9. The second-order valence-electron chi connectivity index (χ2n) is 8.52. The van der Waals surface area contributed by atoms with Gasteiger partial charge in [0, 0.05) is 29.5 Å². The summed E-state index contributed by atoms with van der Waals surface area (Å²) < 4.78 is 70.2. The van der Waals surface area contributed by atoms with Crippen molar-refractivity contribution in [3.63, 3.8) is 0 Å². The van der Waals surface area contributed by atoms with E-state index in [4.69, 9.17) is 18.7 Å². The van der Waals surface area contributed by atoms with Crippen LogP contribution in [0.3, 0.4) is 0 Å². The number of nitrogens with one attached hydrogen (secondary N) is 1. The monoisotopic (exact) mass is 656 g/mol. The molecule has 0 unspecified atom stereocenters. The van der Waals surface area contributed by atoms with Crippen molar-refractivity contribution >= 4 is 60.9 Å². The van der Waals surface area contributed by atoms with Crippen molar-refractivity contribution in [1.29, 1.82) is 0 Å². The first-order valence-electron chi connectivity index (χ1n) is 12.2. The summed E-state index contributed by atoms with van der Waals surface area (Å²) >= 11 is 0.271. The lowest BCUT2D eigenvalue weighted by molar-refractivity contribution is -0.434. The lowest BCUT2D eigenvalue weighted by Gasteiger charge is -2.23. The first-order valence-corrected chi connectivity index (χ1v) is 16.3. The van der Waals surface area contributed by atoms with Crippen molar-refractivity contribution in [2.45, 2.75) is 0 Å². The van der Waals surface area contributed by atoms with E-state index in [-0.39, 0.29) is 48.3 Å². The number of carbonyl (C=O) groups excluding carboxylic acids is 1. The molecular weight excluding hydrogens is 628 g/mol. The molecule has 0 spiro atoms. The van der Waals surface area contributed by atoms with E-state index >= 15 is 0 Å². The first kappa shape index (κ1) is 33.9. The molecule has 0 heterocycles. The Labute approximate surface area is 252 Å². The van der Waals surface area contributed by atoms with Crippen LogP contribution < -0.4 is 15.0 Å². The molecule has 3 rings (SSSR count). The smallest absolute Gasteiger partial charge is 0.283 e. The molecule has 0 aromatic heterocycles. The molecule has 0 radical (unpaired) electrons. The topological polar surface area (TPSA) is 203 Å². The van der Waals surface area contributed by atoms with Crippen molar-refractivity contribution in [1.82, 2.24) is 0 Å². The second-order valence-corrected chi connectivity index (χ2v) is 12.8. The zero-order valence-electron chi connectivity index (χ0n) is 22.6. The molecule has 1 amide bonds. The number of azo groups is 1. The molecule has 3 N–H and O–H groups in total. The third kappa shape index (κ3) is 11.5. The Morgan fingerprint density at radius 1 is 0.977 bits per heavy atom. The first-order chi connectivity index (χ1) is 20.5. The van der Waals surface area contributed by atoms with Crippen LogP contribution in [-0.2, 0) is 33.5 Å². The van der Waals surface area contributed by atoms with Crippen molar-refractivity contribution < 1.29 is 49.7 Å². The van der Waals surface area contributed by atoms with Crippen LogP contribution in [0.4, 0.5) is 22.7 Å². The van der Waals surface area contributed by atoms with Gasteiger partial charge in [0.05, 0.1) is 30.9 Å². The van der Waals surface area contributed by atoms with Gasteiger partial charge in [-0.15, -0.1) is 9.45 Å². The van der Waals surface area contributed by atoms with Gasteiger partial charge < -0.3 is 15.0 Å². The summed E-state index contributed by atoms with van der Waals surface area (Å²) in [6.45, 7) is -0.382. The Balaban J connectivity index is 1.76. The van der Waals surface area contributed by atoms with Crippen molar-refractivity contribution in [2.24, 2.45) is 10.2 Å². The van der Waals surface area contributed by atoms with E-state index in [1.54, 1.807) is 48.5 Å². The van der Waals surface area contributed by atoms with E-state index in [0.717, 1.165) is 0 Å². The molecule has 0 saturated heterocycles. The van der Waals surface area contributed by atoms with Crippen LogP contribution >= 0.6 is 12.3 Å². The standard InChI is InChI=1S/C25H28N4O11S3/c1-37-24-17-20(26-18-43(34,35)36)10-11-23(24)28-27-21-7-5-6-19(16-21)25(30)29(22-8-3-2-4-9-22)12-14-42(32,33)15-13-38-41-40-39-31/h2-11,16-17,26,31H,12-15,18H2,1H3,(H,34,35,36)/b28-27+. The molecular formula is C25H28N4O11S3. The van der Waals surface area contributed by atoms with Crippen LogP contribution in [0.1, 0.15) is 10.4 Å². The molecule has 0 aliphatic rings. The fourth-order valence-electron chi connectivity index (χ4n) is 3.53. The number of benzene rings is 3. The quantitative estimate of drug-likeness (QED) is 0.0460. The second kappa shape index (κ2) is 16.3. The van der Waals surface area contributed by atoms with Crippen molar-refractivity contribution in [3.8, 4) is 5.75 Å². The maximum absolute atomic E-state index is 13.6. The Kier molecular flexibility index (Phi) is 12.8. The molecule has 0 fully saturated rings. The van der Waals surface area contributed by atoms with Crippen LogP contribution in [0.2, 0.25) is 0 Å². The summed E-state index contributed by atoms with van der Waals surface area (Å²) in [7, 11) is -6.47. The zero-order valence-corrected chi connectivity index (χ0v) is 25.0. The van der Waals surface area contributed by atoms with Gasteiger partial charge in [-0.3, -0.25) is 13.5 Å². The van der Waals surface area contributed by atoms with Gasteiger partial charge in [0.15, 0.2) is 22.2 Å². The van der Waals surface area contributed by atoms with Crippen LogP contribution in [0, 0.1) is 0 Å². The van der Waals surface area contributed by atoms with Crippen LogP contribution in [-0.4, -0.2) is 70.2 Å². The predicted molar refractivity (Wildman–Crippen MR) is 159 cm³/mol. The Bertz CT molecular complexity index is 1610. The highest BCUT2D eigenvalue weighted by atomic mass is 32.2. The number of sulfone groups is 1. The largest absolute Gasteiger partial charge is 0.494 e. The normalized spacial score (nSPS) is 11.9. The van der Waals surface area contributed by atoms with Gasteiger partial charge in [-0.1, -0.05) is 29.3 Å². The maximum Gasteiger partial charge on any atom is 0.283 e. The van der Waals surface area contributed by atoms with Crippen LogP contribution in [0.15, 0.2) is 83.0 Å². The van der Waals surface area contributed by atoms with Crippen LogP contribution in [0.25, 0.3) is 0 Å². The average Bonchev–Trinajstić information content (AvgIpc) is 2.99. The lowest BCUT2D eigenvalue weighted by atomic mass is 10.1. The number of amides is 1. The van der Waals surface area contributed by atoms with Gasteiger partial charge in [-0.05, 0) is 42.5 Å². The van der Waals surface area contributed by atoms with Crippen molar-refractivity contribution in [2.75, 3.05) is 47.9 Å². The van der Waals surface area contributed by atoms with Gasteiger partial charge in [-0.25, -0.2) is 13.7 Å². The summed E-state index contributed by atoms with van der Waals surface area (Å²) in [6.07, 6.45) is 0. The summed E-state index contributed by atoms with van der Waals surface area (Å²) in [5.74, 6) is -1.60. The van der Waals surface area contributed by atoms with E-state index in [0.29, 0.717) is 22.7 Å². The predicted octanol–water partition coefficient (Wildman–Crippen LogP) is 4.43. The Hall–Kier alpha value is -3.62. The minimum Gasteiger partial charge on any atom is -0.494 e. The molecule has 0 saturated carbocycles. The maximum atomic E-state index is 13.6.